The predicted molar refractivity (Wildman–Crippen MR) is 115 cm³/mol. The van der Waals surface area contributed by atoms with E-state index in [2.05, 4.69) is 5.32 Å². The van der Waals surface area contributed by atoms with Gasteiger partial charge in [0.15, 0.2) is 0 Å². The van der Waals surface area contributed by atoms with Crippen molar-refractivity contribution in [2.75, 3.05) is 28.4 Å². The van der Waals surface area contributed by atoms with Crippen molar-refractivity contribution in [2.24, 2.45) is 0 Å². The molecule has 1 aromatic carbocycles. The molecule has 3 rings (SSSR count). The van der Waals surface area contributed by atoms with E-state index in [1.807, 2.05) is 0 Å². The molecule has 0 aliphatic heterocycles. The summed E-state index contributed by atoms with van der Waals surface area (Å²) in [6.07, 6.45) is 0. The number of anilines is 4. The molecule has 3 aromatic rings. The molecule has 0 aliphatic carbocycles. The Morgan fingerprint density at radius 2 is 1.61 bits per heavy atom. The van der Waals surface area contributed by atoms with Crippen LogP contribution in [0.5, 0.6) is 0 Å². The summed E-state index contributed by atoms with van der Waals surface area (Å²) in [4.78, 5) is 26.8. The summed E-state index contributed by atoms with van der Waals surface area (Å²) < 4.78 is 0. The Bertz CT molecular complexity index is 1040. The summed E-state index contributed by atoms with van der Waals surface area (Å²) in [6, 6.07) is 6.60. The number of aliphatic hydroxyl groups is 1. The van der Waals surface area contributed by atoms with E-state index < -0.39 is 6.73 Å². The maximum absolute atomic E-state index is 13.0. The number of hydrogen-bond donors (Lipinski definition) is 4. The topological polar surface area (TPSA) is 122 Å². The average molecular weight is 417 g/mol. The first-order valence-electron chi connectivity index (χ1n) is 8.35. The zero-order valence-corrected chi connectivity index (χ0v) is 17.0. The van der Waals surface area contributed by atoms with Crippen LogP contribution in [0.4, 0.5) is 21.4 Å². The van der Waals surface area contributed by atoms with Gasteiger partial charge in [-0.1, -0.05) is 0 Å². The van der Waals surface area contributed by atoms with E-state index in [1.54, 1.807) is 48.9 Å². The lowest BCUT2D eigenvalue weighted by Gasteiger charge is -2.21. The molecule has 2 heterocycles. The minimum Gasteiger partial charge on any atom is -0.389 e. The largest absolute Gasteiger partial charge is 0.389 e. The fourth-order valence-electron chi connectivity index (χ4n) is 2.84. The Hall–Kier alpha value is -2.88. The number of nitrogens with zero attached hydrogens (tertiary/aromatic N) is 1. The zero-order chi connectivity index (χ0) is 20.4. The van der Waals surface area contributed by atoms with Crippen LogP contribution in [0.1, 0.15) is 31.8 Å². The molecular formula is C19H20N4O3S2. The molecule has 0 saturated carbocycles. The fourth-order valence-corrected chi connectivity index (χ4v) is 4.08. The highest BCUT2D eigenvalue weighted by Crippen LogP contribution is 2.31. The second-order valence-electron chi connectivity index (χ2n) is 6.11. The molecule has 0 radical (unpaired) electrons. The van der Waals surface area contributed by atoms with Crippen molar-refractivity contribution in [1.82, 2.24) is 0 Å². The second-order valence-corrected chi connectivity index (χ2v) is 8.00. The van der Waals surface area contributed by atoms with E-state index in [9.17, 15) is 14.7 Å². The van der Waals surface area contributed by atoms with Gasteiger partial charge in [-0.15, -0.1) is 22.7 Å². The van der Waals surface area contributed by atoms with E-state index in [-0.39, 0.29) is 11.8 Å². The van der Waals surface area contributed by atoms with Crippen LogP contribution in [-0.2, 0) is 0 Å². The molecule has 7 nitrogen and oxygen atoms in total. The number of rotatable bonds is 5. The lowest BCUT2D eigenvalue weighted by molar-refractivity contribution is 0.0957. The summed E-state index contributed by atoms with van der Waals surface area (Å²) >= 11 is 2.63. The van der Waals surface area contributed by atoms with Gasteiger partial charge in [0.25, 0.3) is 11.8 Å². The van der Waals surface area contributed by atoms with E-state index in [4.69, 9.17) is 11.5 Å². The minimum atomic E-state index is -0.502. The number of amides is 2. The Labute approximate surface area is 170 Å². The first-order valence-corrected chi connectivity index (χ1v) is 10.1. The predicted octanol–water partition coefficient (Wildman–Crippen LogP) is 3.44. The number of nitrogens with one attached hydrogen (secondary N) is 1. The van der Waals surface area contributed by atoms with Gasteiger partial charge in [-0.2, -0.15) is 0 Å². The molecule has 0 bridgehead atoms. The lowest BCUT2D eigenvalue weighted by atomic mass is 9.96. The molecule has 0 atom stereocenters. The molecule has 0 saturated heterocycles. The third-order valence-electron chi connectivity index (χ3n) is 4.56. The lowest BCUT2D eigenvalue weighted by Crippen LogP contribution is -2.32. The third-order valence-corrected chi connectivity index (χ3v) is 6.04. The molecule has 0 aliphatic rings. The fraction of sp³-hybridized carbons (Fsp3) is 0.158. The normalized spacial score (nSPS) is 10.7. The highest BCUT2D eigenvalue weighted by Gasteiger charge is 2.23. The molecule has 28 heavy (non-hydrogen) atoms. The van der Waals surface area contributed by atoms with Crippen LogP contribution in [0, 0.1) is 13.8 Å². The molecule has 2 aromatic heterocycles. The second kappa shape index (κ2) is 8.01. The highest BCUT2D eigenvalue weighted by molar-refractivity contribution is 7.15. The number of carbonyl (C=O) groups excluding carboxylic acids is 2. The van der Waals surface area contributed by atoms with E-state index in [0.29, 0.717) is 43.6 Å². The summed E-state index contributed by atoms with van der Waals surface area (Å²) in [6.45, 7) is 3.04. The average Bonchev–Trinajstić information content (AvgIpc) is 3.26. The Morgan fingerprint density at radius 1 is 1.00 bits per heavy atom. The standard InChI is InChI=1S/C19H20N4O3S2/c1-10-11(2)13(19(26)23(9-24)15-6-8-28-17(15)21)4-3-12(10)18(25)22-14-5-7-27-16(14)20/h3-8,24H,9,20-21H2,1-2H3,(H,22,25). The van der Waals surface area contributed by atoms with Gasteiger partial charge < -0.3 is 21.9 Å². The number of benzene rings is 1. The van der Waals surface area contributed by atoms with Gasteiger partial charge in [-0.25, -0.2) is 0 Å². The van der Waals surface area contributed by atoms with Crippen LogP contribution in [0.15, 0.2) is 35.0 Å². The van der Waals surface area contributed by atoms with Crippen molar-refractivity contribution in [3.63, 3.8) is 0 Å². The molecule has 2 amide bonds. The van der Waals surface area contributed by atoms with Crippen LogP contribution >= 0.6 is 22.7 Å². The first kappa shape index (κ1) is 19.9. The molecule has 146 valence electrons. The van der Waals surface area contributed by atoms with Crippen molar-refractivity contribution in [2.45, 2.75) is 13.8 Å². The summed E-state index contributed by atoms with van der Waals surface area (Å²) in [5.41, 5.74) is 14.9. The molecule has 0 fully saturated rings. The highest BCUT2D eigenvalue weighted by atomic mass is 32.1. The summed E-state index contributed by atoms with van der Waals surface area (Å²) in [5, 5.41) is 17.0. The van der Waals surface area contributed by atoms with Crippen molar-refractivity contribution >= 4 is 55.9 Å². The van der Waals surface area contributed by atoms with Crippen LogP contribution in [0.3, 0.4) is 0 Å². The monoisotopic (exact) mass is 416 g/mol. The molecule has 9 heteroatoms. The van der Waals surface area contributed by atoms with E-state index in [1.165, 1.54) is 27.6 Å². The number of hydrogen-bond acceptors (Lipinski definition) is 7. The molecule has 6 N–H and O–H groups in total. The van der Waals surface area contributed by atoms with Gasteiger partial charge in [-0.05, 0) is 60.0 Å². The first-order chi connectivity index (χ1) is 13.3. The molecule has 0 spiro atoms. The summed E-state index contributed by atoms with van der Waals surface area (Å²) in [7, 11) is 0. The van der Waals surface area contributed by atoms with Crippen LogP contribution in [0.2, 0.25) is 0 Å². The van der Waals surface area contributed by atoms with Gasteiger partial charge in [0.2, 0.25) is 0 Å². The van der Waals surface area contributed by atoms with Crippen molar-refractivity contribution < 1.29 is 14.7 Å². The van der Waals surface area contributed by atoms with Gasteiger partial charge in [-0.3, -0.25) is 14.5 Å². The SMILES string of the molecule is Cc1c(C(=O)Nc2ccsc2N)ccc(C(=O)N(CO)c2ccsc2N)c1C. The minimum absolute atomic E-state index is 0.300. The van der Waals surface area contributed by atoms with Gasteiger partial charge >= 0.3 is 0 Å². The quantitative estimate of drug-likeness (QED) is 0.475. The Balaban J connectivity index is 1.91. The third kappa shape index (κ3) is 3.59. The smallest absolute Gasteiger partial charge is 0.260 e. The van der Waals surface area contributed by atoms with Gasteiger partial charge in [0.05, 0.1) is 11.4 Å². The van der Waals surface area contributed by atoms with Crippen molar-refractivity contribution in [3.05, 3.63) is 57.3 Å². The van der Waals surface area contributed by atoms with E-state index >= 15 is 0 Å². The van der Waals surface area contributed by atoms with Crippen LogP contribution in [0.25, 0.3) is 0 Å². The zero-order valence-electron chi connectivity index (χ0n) is 15.4. The number of aliphatic hydroxyl groups excluding tert-OH is 1. The van der Waals surface area contributed by atoms with E-state index in [0.717, 1.165) is 0 Å². The summed E-state index contributed by atoms with van der Waals surface area (Å²) in [5.74, 6) is -0.687. The number of nitrogens with two attached hydrogens (primary N) is 2. The van der Waals surface area contributed by atoms with Crippen LogP contribution in [-0.4, -0.2) is 23.7 Å². The van der Waals surface area contributed by atoms with Crippen molar-refractivity contribution in [3.8, 4) is 0 Å². The number of nitrogen functional groups attached to an aromatic ring is 2. The number of thiophene rings is 2. The van der Waals surface area contributed by atoms with Crippen LogP contribution < -0.4 is 21.7 Å². The Kier molecular flexibility index (Phi) is 5.68. The maximum atomic E-state index is 13.0. The molecule has 0 unspecified atom stereocenters. The van der Waals surface area contributed by atoms with Crippen molar-refractivity contribution in [1.29, 1.82) is 0 Å². The molecular weight excluding hydrogens is 396 g/mol. The number of carbonyl (C=O) groups is 2. The Morgan fingerprint density at radius 3 is 2.18 bits per heavy atom. The van der Waals surface area contributed by atoms with Gasteiger partial charge in [0, 0.05) is 11.1 Å². The maximum Gasteiger partial charge on any atom is 0.260 e. The van der Waals surface area contributed by atoms with Gasteiger partial charge in [0.1, 0.15) is 16.7 Å².